The van der Waals surface area contributed by atoms with Crippen molar-refractivity contribution in [1.82, 2.24) is 4.90 Å². The summed E-state index contributed by atoms with van der Waals surface area (Å²) < 4.78 is 18.9. The molecule has 0 aromatic heterocycles. The minimum Gasteiger partial charge on any atom is -0.396 e. The molecule has 4 nitrogen and oxygen atoms in total. The third-order valence-corrected chi connectivity index (χ3v) is 3.75. The Bertz CT molecular complexity index is 475. The van der Waals surface area contributed by atoms with Crippen LogP contribution in [0.15, 0.2) is 16.6 Å². The summed E-state index contributed by atoms with van der Waals surface area (Å²) in [6.45, 7) is 1.20. The van der Waals surface area contributed by atoms with E-state index in [1.54, 1.807) is 11.9 Å². The van der Waals surface area contributed by atoms with Crippen molar-refractivity contribution in [2.75, 3.05) is 26.0 Å². The lowest BCUT2D eigenvalue weighted by Gasteiger charge is -2.23. The van der Waals surface area contributed by atoms with E-state index in [2.05, 4.69) is 15.9 Å². The van der Waals surface area contributed by atoms with Crippen LogP contribution in [0.2, 0.25) is 0 Å². The highest BCUT2D eigenvalue weighted by molar-refractivity contribution is 9.10. The number of ether oxygens (including phenoxy) is 1. The predicted molar refractivity (Wildman–Crippen MR) is 69.8 cm³/mol. The molecule has 1 atom stereocenters. The van der Waals surface area contributed by atoms with Gasteiger partial charge in [0.15, 0.2) is 0 Å². The van der Waals surface area contributed by atoms with Gasteiger partial charge in [-0.15, -0.1) is 0 Å². The van der Waals surface area contributed by atoms with Gasteiger partial charge in [0, 0.05) is 18.1 Å². The van der Waals surface area contributed by atoms with Crippen LogP contribution in [-0.2, 0) is 4.74 Å². The number of benzene rings is 1. The molecule has 6 heteroatoms. The molecule has 98 valence electrons. The number of likely N-dealkylation sites (N-methyl/N-ethyl adjacent to an activating group) is 1. The van der Waals surface area contributed by atoms with Crippen molar-refractivity contribution in [2.45, 2.75) is 12.5 Å². The minimum atomic E-state index is -0.537. The topological polar surface area (TPSA) is 55.6 Å². The first-order chi connectivity index (χ1) is 8.50. The number of hydrogen-bond donors (Lipinski definition) is 1. The number of nitrogens with zero attached hydrogens (tertiary/aromatic N) is 1. The van der Waals surface area contributed by atoms with Crippen LogP contribution in [0.5, 0.6) is 0 Å². The van der Waals surface area contributed by atoms with Gasteiger partial charge in [0.2, 0.25) is 0 Å². The Hall–Kier alpha value is -1.14. The van der Waals surface area contributed by atoms with E-state index in [4.69, 9.17) is 10.5 Å². The lowest BCUT2D eigenvalue weighted by molar-refractivity contribution is 0.0710. The molecule has 0 spiro atoms. The standard InChI is InChI=1S/C12H14BrFN2O2/c1-16(7-2-3-18-6-7)12(17)8-4-11(15)10(14)5-9(8)13/h4-5,7H,2-3,6,15H2,1H3. The molecule has 1 heterocycles. The number of rotatable bonds is 2. The smallest absolute Gasteiger partial charge is 0.255 e. The van der Waals surface area contributed by atoms with E-state index < -0.39 is 5.82 Å². The lowest BCUT2D eigenvalue weighted by atomic mass is 10.1. The maximum atomic E-state index is 13.2. The first kappa shape index (κ1) is 13.3. The summed E-state index contributed by atoms with van der Waals surface area (Å²) in [6, 6.07) is 2.63. The Labute approximate surface area is 113 Å². The van der Waals surface area contributed by atoms with Crippen LogP contribution in [-0.4, -0.2) is 37.1 Å². The highest BCUT2D eigenvalue weighted by Crippen LogP contribution is 2.25. The Morgan fingerprint density at radius 3 is 2.94 bits per heavy atom. The van der Waals surface area contributed by atoms with Crippen LogP contribution < -0.4 is 5.73 Å². The van der Waals surface area contributed by atoms with Gasteiger partial charge in [0.1, 0.15) is 5.82 Å². The minimum absolute atomic E-state index is 0.0300. The van der Waals surface area contributed by atoms with Crippen molar-refractivity contribution in [3.63, 3.8) is 0 Å². The molecule has 1 amide bonds. The quantitative estimate of drug-likeness (QED) is 0.849. The number of amides is 1. The number of carbonyl (C=O) groups excluding carboxylic acids is 1. The summed E-state index contributed by atoms with van der Waals surface area (Å²) in [5, 5.41) is 0. The Kier molecular flexibility index (Phi) is 3.87. The first-order valence-electron chi connectivity index (χ1n) is 5.60. The van der Waals surface area contributed by atoms with Gasteiger partial charge in [0.05, 0.1) is 23.9 Å². The number of halogens is 2. The van der Waals surface area contributed by atoms with Crippen LogP contribution in [0.25, 0.3) is 0 Å². The van der Waals surface area contributed by atoms with Crippen molar-refractivity contribution in [3.8, 4) is 0 Å². The van der Waals surface area contributed by atoms with Crippen LogP contribution in [0, 0.1) is 5.82 Å². The van der Waals surface area contributed by atoms with Gasteiger partial charge < -0.3 is 15.4 Å². The van der Waals surface area contributed by atoms with E-state index in [0.29, 0.717) is 23.2 Å². The van der Waals surface area contributed by atoms with Gasteiger partial charge in [-0.3, -0.25) is 4.79 Å². The molecule has 1 unspecified atom stereocenters. The summed E-state index contributed by atoms with van der Waals surface area (Å²) in [5.41, 5.74) is 5.82. The lowest BCUT2D eigenvalue weighted by Crippen LogP contribution is -2.37. The third-order valence-electron chi connectivity index (χ3n) is 3.09. The van der Waals surface area contributed by atoms with Crippen molar-refractivity contribution in [1.29, 1.82) is 0 Å². The zero-order valence-corrected chi connectivity index (χ0v) is 11.5. The third kappa shape index (κ3) is 2.49. The summed E-state index contributed by atoms with van der Waals surface area (Å²) in [7, 11) is 1.72. The number of nitrogen functional groups attached to an aromatic ring is 1. The van der Waals surface area contributed by atoms with Gasteiger partial charge in [0.25, 0.3) is 5.91 Å². The summed E-state index contributed by atoms with van der Waals surface area (Å²) in [6.07, 6.45) is 0.816. The Balaban J connectivity index is 2.25. The van der Waals surface area contributed by atoms with Crippen LogP contribution in [0.4, 0.5) is 10.1 Å². The fraction of sp³-hybridized carbons (Fsp3) is 0.417. The molecule has 1 fully saturated rings. The zero-order valence-electron chi connectivity index (χ0n) is 9.95. The van der Waals surface area contributed by atoms with E-state index >= 15 is 0 Å². The summed E-state index contributed by atoms with van der Waals surface area (Å²) in [5.74, 6) is -0.727. The molecule has 0 aliphatic carbocycles. The van der Waals surface area contributed by atoms with Crippen LogP contribution >= 0.6 is 15.9 Å². The maximum absolute atomic E-state index is 13.2. The molecule has 0 bridgehead atoms. The van der Waals surface area contributed by atoms with Gasteiger partial charge in [-0.1, -0.05) is 0 Å². The monoisotopic (exact) mass is 316 g/mol. The first-order valence-corrected chi connectivity index (χ1v) is 6.39. The fourth-order valence-electron chi connectivity index (χ4n) is 1.91. The zero-order chi connectivity index (χ0) is 13.3. The largest absolute Gasteiger partial charge is 0.396 e. The molecular formula is C12H14BrFN2O2. The normalized spacial score (nSPS) is 18.9. The van der Waals surface area contributed by atoms with Crippen LogP contribution in [0.1, 0.15) is 16.8 Å². The van der Waals surface area contributed by atoms with Gasteiger partial charge in [-0.05, 0) is 34.5 Å². The van der Waals surface area contributed by atoms with Gasteiger partial charge in [-0.25, -0.2) is 4.39 Å². The Morgan fingerprint density at radius 2 is 2.33 bits per heavy atom. The predicted octanol–water partition coefficient (Wildman–Crippen LogP) is 2.03. The molecule has 1 aromatic carbocycles. The molecule has 1 saturated heterocycles. The Morgan fingerprint density at radius 1 is 1.61 bits per heavy atom. The SMILES string of the molecule is CN(C(=O)c1cc(N)c(F)cc1Br)C1CCOC1. The molecule has 1 aliphatic rings. The van der Waals surface area contributed by atoms with Crippen LogP contribution in [0.3, 0.4) is 0 Å². The van der Waals surface area contributed by atoms with E-state index in [0.717, 1.165) is 6.42 Å². The second-order valence-corrected chi connectivity index (χ2v) is 5.14. The molecule has 18 heavy (non-hydrogen) atoms. The average Bonchev–Trinajstić information content (AvgIpc) is 2.85. The van der Waals surface area contributed by atoms with Gasteiger partial charge in [-0.2, -0.15) is 0 Å². The van der Waals surface area contributed by atoms with Crippen molar-refractivity contribution >= 4 is 27.5 Å². The second-order valence-electron chi connectivity index (χ2n) is 4.29. The summed E-state index contributed by atoms with van der Waals surface area (Å²) in [4.78, 5) is 13.9. The van der Waals surface area contributed by atoms with E-state index in [9.17, 15) is 9.18 Å². The molecule has 1 aromatic rings. The van der Waals surface area contributed by atoms with Crippen molar-refractivity contribution in [2.24, 2.45) is 0 Å². The van der Waals surface area contributed by atoms with Crippen molar-refractivity contribution in [3.05, 3.63) is 28.0 Å². The van der Waals surface area contributed by atoms with E-state index in [-0.39, 0.29) is 17.6 Å². The molecular weight excluding hydrogens is 303 g/mol. The molecule has 0 saturated carbocycles. The maximum Gasteiger partial charge on any atom is 0.255 e. The summed E-state index contributed by atoms with van der Waals surface area (Å²) >= 11 is 3.18. The van der Waals surface area contributed by atoms with E-state index in [1.165, 1.54) is 12.1 Å². The highest BCUT2D eigenvalue weighted by atomic mass is 79.9. The van der Waals surface area contributed by atoms with Crippen molar-refractivity contribution < 1.29 is 13.9 Å². The number of hydrogen-bond acceptors (Lipinski definition) is 3. The fourth-order valence-corrected chi connectivity index (χ4v) is 2.40. The molecule has 0 radical (unpaired) electrons. The van der Waals surface area contributed by atoms with Gasteiger partial charge >= 0.3 is 0 Å². The molecule has 2 N–H and O–H groups in total. The molecule has 1 aliphatic heterocycles. The molecule has 2 rings (SSSR count). The number of carbonyl (C=O) groups is 1. The average molecular weight is 317 g/mol. The van der Waals surface area contributed by atoms with E-state index in [1.807, 2.05) is 0 Å². The number of nitrogens with two attached hydrogens (primary N) is 1. The number of anilines is 1. The second kappa shape index (κ2) is 5.24. The highest BCUT2D eigenvalue weighted by Gasteiger charge is 2.26.